The molecule has 0 aliphatic carbocycles. The van der Waals surface area contributed by atoms with Gasteiger partial charge >= 0.3 is 17.9 Å². The van der Waals surface area contributed by atoms with Gasteiger partial charge in [-0.05, 0) is 22.7 Å². The summed E-state index contributed by atoms with van der Waals surface area (Å²) in [5.41, 5.74) is 4.66. The highest BCUT2D eigenvalue weighted by molar-refractivity contribution is 6.93. The number of anilines is 1. The summed E-state index contributed by atoms with van der Waals surface area (Å²) in [6, 6.07) is 7.17. The Bertz CT molecular complexity index is 643. The van der Waals surface area contributed by atoms with Crippen LogP contribution in [-0.2, 0) is 9.74 Å². The third kappa shape index (κ3) is 4.28. The van der Waals surface area contributed by atoms with Crippen molar-refractivity contribution < 1.29 is 31.8 Å². The Morgan fingerprint density at radius 3 is 1.96 bits per heavy atom. The molecule has 0 fully saturated rings. The minimum atomic E-state index is -5.89. The van der Waals surface area contributed by atoms with Crippen LogP contribution < -0.4 is 4.90 Å². The number of benzene rings is 1. The lowest BCUT2D eigenvalue weighted by atomic mass is 10.2. The molecule has 142 valence electrons. The van der Waals surface area contributed by atoms with Crippen molar-refractivity contribution in [3.8, 4) is 0 Å². The van der Waals surface area contributed by atoms with E-state index >= 15 is 0 Å². The summed E-state index contributed by atoms with van der Waals surface area (Å²) in [5, 5.41) is 0. The molecule has 0 bridgehead atoms. The molecule has 9 heteroatoms. The quantitative estimate of drug-likeness (QED) is 0.448. The molecular formula is C17H18F5NO2Si. The minimum Gasteiger partial charge on any atom is -0.307 e. The number of halogens is 5. The summed E-state index contributed by atoms with van der Waals surface area (Å²) < 4.78 is 65.1. The SMILES string of the molecule is C=C[Si](C=C)(C=C)CCN(C(=O)C(F)(OF)C(F)(F)F)c1ccccc1. The molecule has 0 aliphatic heterocycles. The number of carbonyl (C=O) groups excluding carboxylic acids is 1. The first-order valence-corrected chi connectivity index (χ1v) is 9.88. The minimum absolute atomic E-state index is 0.0408. The van der Waals surface area contributed by atoms with Gasteiger partial charge < -0.3 is 4.90 Å². The topological polar surface area (TPSA) is 29.5 Å². The van der Waals surface area contributed by atoms with Gasteiger partial charge in [-0.3, -0.25) is 4.79 Å². The van der Waals surface area contributed by atoms with Crippen LogP contribution in [0.15, 0.2) is 67.2 Å². The van der Waals surface area contributed by atoms with E-state index in [2.05, 4.69) is 24.7 Å². The fourth-order valence-electron chi connectivity index (χ4n) is 2.19. The van der Waals surface area contributed by atoms with Crippen molar-refractivity contribution in [2.24, 2.45) is 0 Å². The number of nitrogens with zero attached hydrogens (tertiary/aromatic N) is 1. The van der Waals surface area contributed by atoms with Crippen molar-refractivity contribution in [3.05, 3.63) is 67.2 Å². The first-order chi connectivity index (χ1) is 12.1. The van der Waals surface area contributed by atoms with E-state index in [0.717, 1.165) is 0 Å². The Morgan fingerprint density at radius 1 is 1.08 bits per heavy atom. The number of carbonyl (C=O) groups is 1. The highest BCUT2D eigenvalue weighted by Crippen LogP contribution is 2.38. The number of para-hydroxylation sites is 1. The summed E-state index contributed by atoms with van der Waals surface area (Å²) in [7, 11) is -2.51. The molecule has 1 aromatic rings. The first kappa shape index (κ1) is 21.8. The molecule has 0 aromatic heterocycles. The van der Waals surface area contributed by atoms with Gasteiger partial charge in [0.1, 0.15) is 8.07 Å². The summed E-state index contributed by atoms with van der Waals surface area (Å²) in [5.74, 6) is -7.32. The standard InChI is InChI=1S/C17H18F5NO2Si/c1-4-26(5-2,6-3)13-12-23(14-10-8-7-9-11-14)15(24)16(18,25-22)17(19,20)21/h4-11H,1-3,12-13H2. The van der Waals surface area contributed by atoms with Crippen LogP contribution in [0.5, 0.6) is 0 Å². The van der Waals surface area contributed by atoms with Gasteiger partial charge in [0.2, 0.25) is 0 Å². The molecule has 0 aliphatic rings. The molecular weight excluding hydrogens is 373 g/mol. The molecule has 1 atom stereocenters. The van der Waals surface area contributed by atoms with E-state index < -0.39 is 26.0 Å². The summed E-state index contributed by atoms with van der Waals surface area (Å²) >= 11 is 0. The third-order valence-corrected chi connectivity index (χ3v) is 7.34. The van der Waals surface area contributed by atoms with E-state index in [4.69, 9.17) is 0 Å². The van der Waals surface area contributed by atoms with Crippen molar-refractivity contribution in [2.45, 2.75) is 18.1 Å². The highest BCUT2D eigenvalue weighted by Gasteiger charge is 2.66. The van der Waals surface area contributed by atoms with Crippen LogP contribution in [0.3, 0.4) is 0 Å². The predicted molar refractivity (Wildman–Crippen MR) is 92.0 cm³/mol. The molecule has 0 spiro atoms. The van der Waals surface area contributed by atoms with Crippen LogP contribution in [-0.4, -0.2) is 32.6 Å². The Kier molecular flexibility index (Phi) is 7.05. The van der Waals surface area contributed by atoms with Crippen molar-refractivity contribution in [2.75, 3.05) is 11.4 Å². The monoisotopic (exact) mass is 391 g/mol. The molecule has 0 radical (unpaired) electrons. The predicted octanol–water partition coefficient (Wildman–Crippen LogP) is 4.77. The maximum atomic E-state index is 14.1. The second-order valence-corrected chi connectivity index (χ2v) is 9.39. The third-order valence-electron chi connectivity index (χ3n) is 3.97. The smallest absolute Gasteiger partial charge is 0.307 e. The van der Waals surface area contributed by atoms with Gasteiger partial charge in [0.15, 0.2) is 0 Å². The Balaban J connectivity index is 3.31. The molecule has 0 heterocycles. The molecule has 0 saturated carbocycles. The number of rotatable bonds is 9. The van der Waals surface area contributed by atoms with E-state index in [9.17, 15) is 26.9 Å². The average molecular weight is 391 g/mol. The van der Waals surface area contributed by atoms with E-state index in [-0.39, 0.29) is 18.3 Å². The first-order valence-electron chi connectivity index (χ1n) is 7.44. The molecule has 3 nitrogen and oxygen atoms in total. The molecule has 1 aromatic carbocycles. The molecule has 1 amide bonds. The lowest BCUT2D eigenvalue weighted by molar-refractivity contribution is -0.380. The van der Waals surface area contributed by atoms with Crippen molar-refractivity contribution >= 4 is 19.7 Å². The van der Waals surface area contributed by atoms with Crippen LogP contribution >= 0.6 is 0 Å². The lowest BCUT2D eigenvalue weighted by Gasteiger charge is -2.31. The Hall–Kier alpha value is -2.26. The summed E-state index contributed by atoms with van der Waals surface area (Å²) in [4.78, 5) is 15.2. The average Bonchev–Trinajstić information content (AvgIpc) is 2.64. The van der Waals surface area contributed by atoms with Crippen LogP contribution in [0.2, 0.25) is 6.04 Å². The second kappa shape index (κ2) is 8.41. The number of hydrogen-bond acceptors (Lipinski definition) is 2. The van der Waals surface area contributed by atoms with Gasteiger partial charge in [-0.1, -0.05) is 35.3 Å². The normalized spacial score (nSPS) is 14.2. The van der Waals surface area contributed by atoms with E-state index in [1.807, 2.05) is 0 Å². The highest BCUT2D eigenvalue weighted by atomic mass is 28.3. The fraction of sp³-hybridized carbons (Fsp3) is 0.235. The molecule has 0 saturated heterocycles. The van der Waals surface area contributed by atoms with Gasteiger partial charge in [0.05, 0.1) is 0 Å². The largest absolute Gasteiger partial charge is 0.461 e. The van der Waals surface area contributed by atoms with E-state index in [0.29, 0.717) is 4.90 Å². The number of alkyl halides is 4. The van der Waals surface area contributed by atoms with Gasteiger partial charge in [0, 0.05) is 12.2 Å². The molecule has 0 N–H and O–H groups in total. The Labute approximate surface area is 149 Å². The maximum absolute atomic E-state index is 14.1. The van der Waals surface area contributed by atoms with Gasteiger partial charge in [-0.25, -0.2) is 0 Å². The summed E-state index contributed by atoms with van der Waals surface area (Å²) in [6.07, 6.45) is -5.89. The molecule has 1 rings (SSSR count). The molecule has 26 heavy (non-hydrogen) atoms. The Morgan fingerprint density at radius 2 is 1.58 bits per heavy atom. The second-order valence-electron chi connectivity index (χ2n) is 5.44. The molecule has 1 unspecified atom stereocenters. The van der Waals surface area contributed by atoms with Crippen LogP contribution in [0, 0.1) is 0 Å². The van der Waals surface area contributed by atoms with E-state index in [1.165, 1.54) is 24.3 Å². The van der Waals surface area contributed by atoms with Gasteiger partial charge in [0.25, 0.3) is 0 Å². The zero-order chi connectivity index (χ0) is 20.0. The van der Waals surface area contributed by atoms with Crippen molar-refractivity contribution in [3.63, 3.8) is 0 Å². The van der Waals surface area contributed by atoms with Crippen molar-refractivity contribution in [1.29, 1.82) is 0 Å². The zero-order valence-electron chi connectivity index (χ0n) is 13.8. The fourth-order valence-corrected chi connectivity index (χ4v) is 3.91. The van der Waals surface area contributed by atoms with E-state index in [1.54, 1.807) is 23.2 Å². The lowest BCUT2D eigenvalue weighted by Crippen LogP contribution is -2.56. The van der Waals surface area contributed by atoms with Gasteiger partial charge in [-0.2, -0.15) is 17.6 Å². The summed E-state index contributed by atoms with van der Waals surface area (Å²) in [6.45, 7) is 10.6. The van der Waals surface area contributed by atoms with Gasteiger partial charge in [-0.15, -0.1) is 24.7 Å². The number of amides is 1. The number of hydrogen-bond donors (Lipinski definition) is 0. The van der Waals surface area contributed by atoms with Crippen LogP contribution in [0.1, 0.15) is 0 Å². The maximum Gasteiger partial charge on any atom is 0.461 e. The zero-order valence-corrected chi connectivity index (χ0v) is 14.8. The van der Waals surface area contributed by atoms with Crippen LogP contribution in [0.25, 0.3) is 0 Å². The van der Waals surface area contributed by atoms with Crippen molar-refractivity contribution in [1.82, 2.24) is 0 Å². The van der Waals surface area contributed by atoms with Crippen LogP contribution in [0.4, 0.5) is 27.8 Å².